The zero-order valence-corrected chi connectivity index (χ0v) is 11.2. The van der Waals surface area contributed by atoms with Crippen molar-refractivity contribution in [3.8, 4) is 0 Å². The quantitative estimate of drug-likeness (QED) is 0.805. The molecular formula is C13H17NO3S. The Balaban J connectivity index is 2.05. The monoisotopic (exact) mass is 267 g/mol. The minimum Gasteiger partial charge on any atom is -0.294 e. The van der Waals surface area contributed by atoms with E-state index in [1.165, 1.54) is 0 Å². The van der Waals surface area contributed by atoms with Crippen molar-refractivity contribution in [2.45, 2.75) is 26.2 Å². The van der Waals surface area contributed by atoms with Crippen molar-refractivity contribution in [3.05, 3.63) is 29.8 Å². The van der Waals surface area contributed by atoms with Gasteiger partial charge < -0.3 is 0 Å². The van der Waals surface area contributed by atoms with Crippen LogP contribution < -0.4 is 4.72 Å². The zero-order chi connectivity index (χ0) is 13.2. The number of carbonyl (C=O) groups is 1. The van der Waals surface area contributed by atoms with Crippen LogP contribution in [-0.4, -0.2) is 20.0 Å². The first-order valence-electron chi connectivity index (χ1n) is 6.16. The van der Waals surface area contributed by atoms with E-state index >= 15 is 0 Å². The topological polar surface area (TPSA) is 63.2 Å². The normalized spacial score (nSPS) is 15.4. The van der Waals surface area contributed by atoms with E-state index in [0.29, 0.717) is 17.7 Å². The van der Waals surface area contributed by atoms with Crippen molar-refractivity contribution >= 4 is 21.5 Å². The Labute approximate surface area is 107 Å². The molecule has 0 radical (unpaired) electrons. The highest BCUT2D eigenvalue weighted by atomic mass is 32.2. The van der Waals surface area contributed by atoms with Gasteiger partial charge in [-0.25, -0.2) is 8.42 Å². The molecule has 0 amide bonds. The van der Waals surface area contributed by atoms with E-state index in [0.717, 1.165) is 12.8 Å². The summed E-state index contributed by atoms with van der Waals surface area (Å²) in [6.45, 7) is 1.82. The van der Waals surface area contributed by atoms with Crippen molar-refractivity contribution < 1.29 is 13.2 Å². The number of benzene rings is 1. The summed E-state index contributed by atoms with van der Waals surface area (Å²) >= 11 is 0. The molecule has 18 heavy (non-hydrogen) atoms. The highest BCUT2D eigenvalue weighted by Crippen LogP contribution is 2.32. The predicted molar refractivity (Wildman–Crippen MR) is 71.2 cm³/mol. The van der Waals surface area contributed by atoms with Crippen molar-refractivity contribution in [1.82, 2.24) is 0 Å². The molecule has 4 nitrogen and oxygen atoms in total. The Morgan fingerprint density at radius 2 is 1.89 bits per heavy atom. The summed E-state index contributed by atoms with van der Waals surface area (Å²) in [6.07, 6.45) is 2.53. The van der Waals surface area contributed by atoms with Gasteiger partial charge in [-0.05, 0) is 43.5 Å². The number of rotatable bonds is 6. The molecule has 0 saturated heterocycles. The second-order valence-corrected chi connectivity index (χ2v) is 6.48. The number of nitrogens with one attached hydrogen (secondary N) is 1. The molecule has 1 aromatic rings. The van der Waals surface area contributed by atoms with Gasteiger partial charge in [0, 0.05) is 17.2 Å². The number of hydrogen-bond donors (Lipinski definition) is 1. The van der Waals surface area contributed by atoms with Crippen LogP contribution in [0.2, 0.25) is 0 Å². The average molecular weight is 267 g/mol. The fourth-order valence-electron chi connectivity index (χ4n) is 1.78. The lowest BCUT2D eigenvalue weighted by Gasteiger charge is -2.07. The summed E-state index contributed by atoms with van der Waals surface area (Å²) < 4.78 is 25.6. The molecule has 1 aromatic carbocycles. The van der Waals surface area contributed by atoms with Crippen LogP contribution in [0, 0.1) is 5.92 Å². The molecule has 1 aliphatic carbocycles. The third-order valence-corrected chi connectivity index (χ3v) is 4.36. The number of sulfonamides is 1. The Morgan fingerprint density at radius 1 is 1.28 bits per heavy atom. The first-order valence-corrected chi connectivity index (χ1v) is 7.82. The van der Waals surface area contributed by atoms with Gasteiger partial charge in [0.1, 0.15) is 0 Å². The molecule has 5 heteroatoms. The lowest BCUT2D eigenvalue weighted by Crippen LogP contribution is -2.16. The van der Waals surface area contributed by atoms with Crippen molar-refractivity contribution in [2.75, 3.05) is 10.5 Å². The maximum atomic E-state index is 11.8. The van der Waals surface area contributed by atoms with Crippen LogP contribution >= 0.6 is 0 Å². The van der Waals surface area contributed by atoms with Crippen LogP contribution in [0.1, 0.15) is 36.5 Å². The highest BCUT2D eigenvalue weighted by molar-refractivity contribution is 7.92. The first kappa shape index (κ1) is 13.1. The number of ketones is 1. The van der Waals surface area contributed by atoms with E-state index in [4.69, 9.17) is 0 Å². The largest absolute Gasteiger partial charge is 0.294 e. The van der Waals surface area contributed by atoms with Crippen molar-refractivity contribution in [3.63, 3.8) is 0 Å². The van der Waals surface area contributed by atoms with Gasteiger partial charge in [0.15, 0.2) is 5.78 Å². The van der Waals surface area contributed by atoms with E-state index in [-0.39, 0.29) is 17.5 Å². The molecule has 1 saturated carbocycles. The molecule has 0 aliphatic heterocycles. The number of carbonyl (C=O) groups excluding carboxylic acids is 1. The lowest BCUT2D eigenvalue weighted by molar-refractivity contribution is 0.0967. The third kappa shape index (κ3) is 3.32. The summed E-state index contributed by atoms with van der Waals surface area (Å²) in [5, 5.41) is 0. The van der Waals surface area contributed by atoms with Crippen LogP contribution in [0.25, 0.3) is 0 Å². The molecule has 1 N–H and O–H groups in total. The Bertz CT molecular complexity index is 530. The third-order valence-electron chi connectivity index (χ3n) is 2.86. The molecule has 2 rings (SSSR count). The van der Waals surface area contributed by atoms with E-state index in [1.54, 1.807) is 24.3 Å². The SMILES string of the molecule is CCCS(=O)(=O)Nc1ccc(C(=O)C2CC2)cc1. The van der Waals surface area contributed by atoms with E-state index < -0.39 is 10.0 Å². The number of Topliss-reactive ketones (excluding diaryl/α,β-unsaturated/α-hetero) is 1. The Kier molecular flexibility index (Phi) is 3.71. The molecule has 1 aliphatic rings. The van der Waals surface area contributed by atoms with Gasteiger partial charge in [-0.15, -0.1) is 0 Å². The maximum Gasteiger partial charge on any atom is 0.232 e. The fourth-order valence-corrected chi connectivity index (χ4v) is 2.92. The summed E-state index contributed by atoms with van der Waals surface area (Å²) in [4.78, 5) is 11.8. The zero-order valence-electron chi connectivity index (χ0n) is 10.3. The van der Waals surface area contributed by atoms with Gasteiger partial charge >= 0.3 is 0 Å². The highest BCUT2D eigenvalue weighted by Gasteiger charge is 2.30. The second-order valence-electron chi connectivity index (χ2n) is 4.64. The maximum absolute atomic E-state index is 11.8. The minimum atomic E-state index is -3.26. The fraction of sp³-hybridized carbons (Fsp3) is 0.462. The molecule has 0 heterocycles. The molecule has 0 unspecified atom stereocenters. The van der Waals surface area contributed by atoms with Gasteiger partial charge in [0.2, 0.25) is 10.0 Å². The Hall–Kier alpha value is -1.36. The van der Waals surface area contributed by atoms with Crippen LogP contribution in [0.5, 0.6) is 0 Å². The lowest BCUT2D eigenvalue weighted by atomic mass is 10.1. The van der Waals surface area contributed by atoms with E-state index in [2.05, 4.69) is 4.72 Å². The Morgan fingerprint density at radius 3 is 2.39 bits per heavy atom. The number of hydrogen-bond acceptors (Lipinski definition) is 3. The van der Waals surface area contributed by atoms with Crippen molar-refractivity contribution in [2.24, 2.45) is 5.92 Å². The number of anilines is 1. The molecule has 98 valence electrons. The predicted octanol–water partition coefficient (Wildman–Crippen LogP) is 2.43. The summed E-state index contributed by atoms with van der Waals surface area (Å²) in [7, 11) is -3.26. The van der Waals surface area contributed by atoms with Crippen LogP contribution in [0.3, 0.4) is 0 Å². The second kappa shape index (κ2) is 5.10. The van der Waals surface area contributed by atoms with Crippen molar-refractivity contribution in [1.29, 1.82) is 0 Å². The molecule has 0 aromatic heterocycles. The summed E-state index contributed by atoms with van der Waals surface area (Å²) in [5.74, 6) is 0.459. The van der Waals surface area contributed by atoms with E-state index in [1.807, 2.05) is 6.92 Å². The van der Waals surface area contributed by atoms with E-state index in [9.17, 15) is 13.2 Å². The van der Waals surface area contributed by atoms with Crippen LogP contribution in [0.15, 0.2) is 24.3 Å². The molecule has 0 spiro atoms. The summed E-state index contributed by atoms with van der Waals surface area (Å²) in [6, 6.07) is 6.65. The first-order chi connectivity index (χ1) is 8.52. The van der Waals surface area contributed by atoms with Gasteiger partial charge in [-0.2, -0.15) is 0 Å². The van der Waals surface area contributed by atoms with Crippen LogP contribution in [0.4, 0.5) is 5.69 Å². The molecule has 0 atom stereocenters. The summed E-state index contributed by atoms with van der Waals surface area (Å²) in [5.41, 5.74) is 1.17. The van der Waals surface area contributed by atoms with Gasteiger partial charge in [0.25, 0.3) is 0 Å². The smallest absolute Gasteiger partial charge is 0.232 e. The molecule has 1 fully saturated rings. The average Bonchev–Trinajstić information content (AvgIpc) is 3.12. The van der Waals surface area contributed by atoms with Gasteiger partial charge in [-0.3, -0.25) is 9.52 Å². The molecular weight excluding hydrogens is 250 g/mol. The van der Waals surface area contributed by atoms with Gasteiger partial charge in [-0.1, -0.05) is 6.92 Å². The minimum absolute atomic E-state index is 0.107. The van der Waals surface area contributed by atoms with Crippen LogP contribution in [-0.2, 0) is 10.0 Å². The standard InChI is InChI=1S/C13H17NO3S/c1-2-9-18(16,17)14-12-7-5-11(6-8-12)13(15)10-3-4-10/h5-8,10,14H,2-4,9H2,1H3. The molecule has 0 bridgehead atoms. The van der Waals surface area contributed by atoms with Gasteiger partial charge in [0.05, 0.1) is 5.75 Å².